The second-order valence-electron chi connectivity index (χ2n) is 5.80. The number of nitriles is 1. The Kier molecular flexibility index (Phi) is 5.21. The molecular weight excluding hydrogens is 260 g/mol. The van der Waals surface area contributed by atoms with Gasteiger partial charge < -0.3 is 10.6 Å². The van der Waals surface area contributed by atoms with Gasteiger partial charge in [-0.25, -0.2) is 0 Å². The van der Waals surface area contributed by atoms with Crippen LogP contribution in [-0.2, 0) is 6.54 Å². The van der Waals surface area contributed by atoms with Gasteiger partial charge in [-0.1, -0.05) is 25.5 Å². The second kappa shape index (κ2) is 7.12. The van der Waals surface area contributed by atoms with Gasteiger partial charge in [0.05, 0.1) is 11.6 Å². The summed E-state index contributed by atoms with van der Waals surface area (Å²) in [5, 5.41) is 15.7. The van der Waals surface area contributed by atoms with Crippen LogP contribution >= 0.6 is 0 Å². The predicted octanol–water partition coefficient (Wildman–Crippen LogP) is 2.80. The molecule has 0 saturated heterocycles. The molecule has 4 heteroatoms. The van der Waals surface area contributed by atoms with Crippen LogP contribution < -0.4 is 10.6 Å². The lowest BCUT2D eigenvalue weighted by Gasteiger charge is -2.41. The van der Waals surface area contributed by atoms with Gasteiger partial charge in [-0.15, -0.1) is 0 Å². The van der Waals surface area contributed by atoms with E-state index >= 15 is 0 Å². The topological polar surface area (TPSA) is 60.2 Å². The third-order valence-corrected chi connectivity index (χ3v) is 4.53. The molecule has 0 amide bonds. The van der Waals surface area contributed by atoms with Gasteiger partial charge in [-0.05, 0) is 42.4 Å². The van der Waals surface area contributed by atoms with Crippen molar-refractivity contribution in [3.05, 3.63) is 35.4 Å². The molecule has 1 saturated carbocycles. The summed E-state index contributed by atoms with van der Waals surface area (Å²) in [6, 6.07) is 9.81. The molecule has 1 aliphatic carbocycles. The maximum Gasteiger partial charge on any atom is 0.191 e. The van der Waals surface area contributed by atoms with Crippen LogP contribution in [0.3, 0.4) is 0 Å². The summed E-state index contributed by atoms with van der Waals surface area (Å²) in [7, 11) is 1.79. The molecule has 1 fully saturated rings. The minimum atomic E-state index is 0.471. The average molecular weight is 284 g/mol. The van der Waals surface area contributed by atoms with E-state index in [2.05, 4.69) is 28.6 Å². The van der Waals surface area contributed by atoms with Crippen molar-refractivity contribution < 1.29 is 0 Å². The van der Waals surface area contributed by atoms with Crippen LogP contribution in [0, 0.1) is 16.7 Å². The standard InChI is InChI=1S/C17H24N4/c1-3-17(8-5-9-17)13-21-16(19-2)20-12-15-7-4-6-14(10-15)11-18/h4,6-7,10H,3,5,8-9,12-13H2,1-2H3,(H2,19,20,21). The fourth-order valence-electron chi connectivity index (χ4n) is 2.76. The molecule has 4 nitrogen and oxygen atoms in total. The lowest BCUT2D eigenvalue weighted by atomic mass is 9.67. The van der Waals surface area contributed by atoms with E-state index < -0.39 is 0 Å². The highest BCUT2D eigenvalue weighted by Crippen LogP contribution is 2.42. The maximum atomic E-state index is 8.91. The normalized spacial score (nSPS) is 16.7. The lowest BCUT2D eigenvalue weighted by Crippen LogP contribution is -2.46. The summed E-state index contributed by atoms with van der Waals surface area (Å²) in [4.78, 5) is 4.27. The minimum absolute atomic E-state index is 0.471. The Bertz CT molecular complexity index is 532. The molecule has 0 heterocycles. The van der Waals surface area contributed by atoms with Gasteiger partial charge in [0.25, 0.3) is 0 Å². The zero-order valence-electron chi connectivity index (χ0n) is 12.9. The van der Waals surface area contributed by atoms with Crippen LogP contribution in [0.4, 0.5) is 0 Å². The molecule has 0 spiro atoms. The predicted molar refractivity (Wildman–Crippen MR) is 85.9 cm³/mol. The van der Waals surface area contributed by atoms with Crippen LogP contribution in [0.5, 0.6) is 0 Å². The largest absolute Gasteiger partial charge is 0.356 e. The molecule has 2 N–H and O–H groups in total. The maximum absolute atomic E-state index is 8.91. The molecule has 0 aliphatic heterocycles. The average Bonchev–Trinajstić information content (AvgIpc) is 2.49. The number of guanidine groups is 1. The van der Waals surface area contributed by atoms with E-state index in [9.17, 15) is 0 Å². The Morgan fingerprint density at radius 2 is 2.19 bits per heavy atom. The van der Waals surface area contributed by atoms with Crippen molar-refractivity contribution in [2.75, 3.05) is 13.6 Å². The molecule has 1 aromatic carbocycles. The van der Waals surface area contributed by atoms with Gasteiger partial charge in [-0.2, -0.15) is 5.26 Å². The Balaban J connectivity index is 1.84. The van der Waals surface area contributed by atoms with Gasteiger partial charge in [0, 0.05) is 20.1 Å². The number of hydrogen-bond donors (Lipinski definition) is 2. The number of nitrogens with one attached hydrogen (secondary N) is 2. The fourth-order valence-corrected chi connectivity index (χ4v) is 2.76. The molecule has 1 aromatic rings. The molecule has 0 atom stereocenters. The van der Waals surface area contributed by atoms with Gasteiger partial charge in [0.2, 0.25) is 0 Å². The van der Waals surface area contributed by atoms with E-state index in [1.807, 2.05) is 24.3 Å². The Hall–Kier alpha value is -2.02. The summed E-state index contributed by atoms with van der Waals surface area (Å²) >= 11 is 0. The van der Waals surface area contributed by atoms with Gasteiger partial charge in [0.15, 0.2) is 5.96 Å². The first kappa shape index (κ1) is 15.4. The number of rotatable bonds is 5. The van der Waals surface area contributed by atoms with Crippen LogP contribution in [0.1, 0.15) is 43.7 Å². The number of hydrogen-bond acceptors (Lipinski definition) is 2. The number of benzene rings is 1. The first-order valence-corrected chi connectivity index (χ1v) is 7.65. The van der Waals surface area contributed by atoms with Crippen molar-refractivity contribution in [2.24, 2.45) is 10.4 Å². The molecule has 0 unspecified atom stereocenters. The fraction of sp³-hybridized carbons (Fsp3) is 0.529. The Morgan fingerprint density at radius 1 is 1.38 bits per heavy atom. The van der Waals surface area contributed by atoms with E-state index in [0.717, 1.165) is 18.1 Å². The number of nitrogens with zero attached hydrogens (tertiary/aromatic N) is 2. The van der Waals surface area contributed by atoms with E-state index in [4.69, 9.17) is 5.26 Å². The highest BCUT2D eigenvalue weighted by Gasteiger charge is 2.34. The summed E-state index contributed by atoms with van der Waals surface area (Å²) in [6.45, 7) is 3.93. The van der Waals surface area contributed by atoms with Gasteiger partial charge in [0.1, 0.15) is 0 Å². The van der Waals surface area contributed by atoms with Crippen molar-refractivity contribution >= 4 is 5.96 Å². The summed E-state index contributed by atoms with van der Waals surface area (Å²) in [5.74, 6) is 0.831. The van der Waals surface area contributed by atoms with Crippen molar-refractivity contribution in [3.8, 4) is 6.07 Å². The third kappa shape index (κ3) is 3.98. The summed E-state index contributed by atoms with van der Waals surface area (Å²) in [5.41, 5.74) is 2.25. The van der Waals surface area contributed by atoms with E-state index in [1.165, 1.54) is 25.7 Å². The van der Waals surface area contributed by atoms with Crippen LogP contribution in [-0.4, -0.2) is 19.6 Å². The van der Waals surface area contributed by atoms with E-state index in [1.54, 1.807) is 7.05 Å². The summed E-state index contributed by atoms with van der Waals surface area (Å²) in [6.07, 6.45) is 5.21. The first-order chi connectivity index (χ1) is 10.2. The quantitative estimate of drug-likeness (QED) is 0.645. The molecule has 2 rings (SSSR count). The highest BCUT2D eigenvalue weighted by atomic mass is 15.2. The smallest absolute Gasteiger partial charge is 0.191 e. The van der Waals surface area contributed by atoms with Crippen LogP contribution in [0.25, 0.3) is 0 Å². The van der Waals surface area contributed by atoms with Crippen molar-refractivity contribution in [1.29, 1.82) is 5.26 Å². The van der Waals surface area contributed by atoms with E-state index in [0.29, 0.717) is 17.5 Å². The number of aliphatic imine (C=N–C) groups is 1. The SMILES string of the molecule is CCC1(CNC(=NC)NCc2cccc(C#N)c2)CCC1. The highest BCUT2D eigenvalue weighted by molar-refractivity contribution is 5.79. The van der Waals surface area contributed by atoms with Gasteiger partial charge >= 0.3 is 0 Å². The molecule has 0 aromatic heterocycles. The minimum Gasteiger partial charge on any atom is -0.356 e. The first-order valence-electron chi connectivity index (χ1n) is 7.65. The van der Waals surface area contributed by atoms with E-state index in [-0.39, 0.29) is 0 Å². The molecular formula is C17H24N4. The monoisotopic (exact) mass is 284 g/mol. The zero-order valence-corrected chi connectivity index (χ0v) is 12.9. The molecule has 0 radical (unpaired) electrons. The third-order valence-electron chi connectivity index (χ3n) is 4.53. The van der Waals surface area contributed by atoms with Crippen molar-refractivity contribution in [1.82, 2.24) is 10.6 Å². The van der Waals surface area contributed by atoms with Gasteiger partial charge in [-0.3, -0.25) is 4.99 Å². The van der Waals surface area contributed by atoms with Crippen molar-refractivity contribution in [2.45, 2.75) is 39.2 Å². The van der Waals surface area contributed by atoms with Crippen molar-refractivity contribution in [3.63, 3.8) is 0 Å². The summed E-state index contributed by atoms with van der Waals surface area (Å²) < 4.78 is 0. The van der Waals surface area contributed by atoms with Crippen LogP contribution in [0.2, 0.25) is 0 Å². The molecule has 0 bridgehead atoms. The molecule has 21 heavy (non-hydrogen) atoms. The molecule has 112 valence electrons. The second-order valence-corrected chi connectivity index (χ2v) is 5.80. The molecule has 1 aliphatic rings. The lowest BCUT2D eigenvalue weighted by molar-refractivity contribution is 0.131. The zero-order chi connectivity index (χ0) is 15.1. The Labute approximate surface area is 127 Å². The Morgan fingerprint density at radius 3 is 2.76 bits per heavy atom. The van der Waals surface area contributed by atoms with Crippen LogP contribution in [0.15, 0.2) is 29.3 Å².